The number of aliphatic hydroxyl groups is 1. The number of likely N-dealkylation sites (N-methyl/N-ethyl adjacent to an activating group) is 5. The van der Waals surface area contributed by atoms with Gasteiger partial charge in [-0.05, 0) is 51.4 Å². The lowest BCUT2D eigenvalue weighted by molar-refractivity contribution is -0.147. The van der Waals surface area contributed by atoms with Gasteiger partial charge in [0, 0.05) is 55.8 Å². The highest BCUT2D eigenvalue weighted by Gasteiger charge is 2.42. The Morgan fingerprint density at radius 1 is 0.615 bits per heavy atom. The molecule has 0 spiro atoms. The Morgan fingerprint density at radius 2 is 1.14 bits per heavy atom. The predicted octanol–water partition coefficient (Wildman–Crippen LogP) is 1.34. The summed E-state index contributed by atoms with van der Waals surface area (Å²) in [6, 6.07) is -12.5. The third-order valence-electron chi connectivity index (χ3n) is 11.3. The van der Waals surface area contributed by atoms with Crippen molar-refractivity contribution >= 4 is 65.6 Å². The summed E-state index contributed by atoms with van der Waals surface area (Å²) >= 11 is 0. The SMILES string of the molecule is C/C=C/C[C@@H](C)[C@@H](O)[C@@H](C(N)=O)N(C)C(=O)[C@H](C(C)C)N(C)C(=O)N(C)C(=O)N(C)C(=O)[C@H](C)NC(=O)NC(=O)N(C)C(=O)NC(=O)[C@H](C(C)CC)N(C)C(=O)[C@@H](C)N(C)C(=O)CCC. The van der Waals surface area contributed by atoms with E-state index in [1.165, 1.54) is 40.0 Å². The number of rotatable bonds is 19. The number of allylic oxidation sites excluding steroid dienone is 2. The van der Waals surface area contributed by atoms with Crippen molar-refractivity contribution in [1.29, 1.82) is 0 Å². The van der Waals surface area contributed by atoms with Gasteiger partial charge in [-0.3, -0.25) is 44.3 Å². The molecule has 0 aromatic rings. The van der Waals surface area contributed by atoms with E-state index < -0.39 is 114 Å². The van der Waals surface area contributed by atoms with Crippen LogP contribution in [-0.2, 0) is 28.8 Å². The van der Waals surface area contributed by atoms with E-state index in [-0.39, 0.29) is 12.3 Å². The van der Waals surface area contributed by atoms with Crippen LogP contribution in [0.25, 0.3) is 0 Å². The molecule has 0 aliphatic carbocycles. The van der Waals surface area contributed by atoms with Gasteiger partial charge in [-0.25, -0.2) is 33.8 Å². The topological polar surface area (TPSA) is 293 Å². The van der Waals surface area contributed by atoms with Crippen molar-refractivity contribution in [2.45, 2.75) is 124 Å². The Hall–Kier alpha value is -6.13. The molecule has 16 amide bonds. The molecule has 23 heteroatoms. The van der Waals surface area contributed by atoms with E-state index in [1.807, 2.05) is 12.2 Å². The first-order chi connectivity index (χ1) is 30.0. The molecule has 8 atom stereocenters. The standard InChI is InChI=1S/C42H73N11O12/c1-17-20-22-25(7)32(55)31(33(43)56)49(12)37(60)29(23(4)5)50(13)41(64)53(16)42(65)51(14)35(58)26(8)44-38(61)46-40(63)52(15)39(62)45-34(57)30(24(6)19-3)48(11)36(59)27(9)47(10)28(54)21-18-2/h17,20,23-27,29-32,55H,18-19,21-22H2,1-16H3,(H2,43,56)(H,45,57,62)(H2,44,46,61,63)/b20-17+/t24?,25-,26+,27-,29+,30+,31+,32-/m1/s1. The molecule has 0 rings (SSSR count). The first kappa shape index (κ1) is 58.9. The number of urea groups is 5. The Balaban J connectivity index is 5.82. The minimum Gasteiger partial charge on any atom is -0.390 e. The fraction of sp³-hybridized carbons (Fsp3) is 0.690. The molecule has 0 fully saturated rings. The lowest BCUT2D eigenvalue weighted by atomic mass is 9.92. The van der Waals surface area contributed by atoms with E-state index in [2.05, 4.69) is 10.6 Å². The molecule has 6 N–H and O–H groups in total. The summed E-state index contributed by atoms with van der Waals surface area (Å²) in [6.45, 7) is 14.6. The smallest absolute Gasteiger partial charge is 0.334 e. The maximum Gasteiger partial charge on any atom is 0.334 e. The fourth-order valence-corrected chi connectivity index (χ4v) is 6.75. The molecule has 0 bridgehead atoms. The van der Waals surface area contributed by atoms with Crippen LogP contribution in [0.5, 0.6) is 0 Å². The first-order valence-electron chi connectivity index (χ1n) is 21.4. The fourth-order valence-electron chi connectivity index (χ4n) is 6.75. The number of primary amides is 1. The lowest BCUT2D eigenvalue weighted by Gasteiger charge is -2.39. The van der Waals surface area contributed by atoms with E-state index in [4.69, 9.17) is 5.73 Å². The van der Waals surface area contributed by atoms with E-state index >= 15 is 0 Å². The van der Waals surface area contributed by atoms with Crippen molar-refractivity contribution in [3.8, 4) is 0 Å². The Labute approximate surface area is 382 Å². The van der Waals surface area contributed by atoms with Gasteiger partial charge in [0.25, 0.3) is 11.8 Å². The molecule has 0 aromatic carbocycles. The number of carbonyl (C=O) groups is 11. The van der Waals surface area contributed by atoms with Crippen LogP contribution >= 0.6 is 0 Å². The maximum atomic E-state index is 13.8. The normalized spacial score (nSPS) is 14.8. The third-order valence-corrected chi connectivity index (χ3v) is 11.3. The highest BCUT2D eigenvalue weighted by molar-refractivity contribution is 6.08. The summed E-state index contributed by atoms with van der Waals surface area (Å²) in [5.41, 5.74) is 5.61. The molecule has 0 saturated heterocycles. The number of hydrogen-bond acceptors (Lipinski definition) is 12. The number of nitrogens with zero attached hydrogens (tertiary/aromatic N) is 7. The quantitative estimate of drug-likeness (QED) is 0.115. The van der Waals surface area contributed by atoms with E-state index in [0.29, 0.717) is 34.0 Å². The summed E-state index contributed by atoms with van der Waals surface area (Å²) in [6.07, 6.45) is 3.78. The number of hydrogen-bond donors (Lipinski definition) is 5. The van der Waals surface area contributed by atoms with E-state index in [9.17, 15) is 57.8 Å². The van der Waals surface area contributed by atoms with Crippen molar-refractivity contribution in [3.05, 3.63) is 12.2 Å². The molecule has 368 valence electrons. The molecule has 0 radical (unpaired) electrons. The average molecular weight is 924 g/mol. The van der Waals surface area contributed by atoms with Crippen LogP contribution in [0.2, 0.25) is 0 Å². The molecule has 0 saturated carbocycles. The van der Waals surface area contributed by atoms with E-state index in [1.54, 1.807) is 53.7 Å². The van der Waals surface area contributed by atoms with E-state index in [0.717, 1.165) is 42.8 Å². The predicted molar refractivity (Wildman–Crippen MR) is 239 cm³/mol. The molecular formula is C42H73N11O12. The zero-order valence-corrected chi connectivity index (χ0v) is 40.8. The van der Waals surface area contributed by atoms with Crippen LogP contribution in [-0.4, -0.2) is 191 Å². The molecule has 23 nitrogen and oxygen atoms in total. The Morgan fingerprint density at radius 3 is 1.62 bits per heavy atom. The Kier molecular flexibility index (Phi) is 24.1. The van der Waals surface area contributed by atoms with Crippen molar-refractivity contribution in [2.75, 3.05) is 49.3 Å². The van der Waals surface area contributed by atoms with Crippen LogP contribution < -0.4 is 21.7 Å². The zero-order chi connectivity index (χ0) is 51.0. The van der Waals surface area contributed by atoms with Gasteiger partial charge in [-0.1, -0.05) is 60.1 Å². The summed E-state index contributed by atoms with van der Waals surface area (Å²) in [5.74, 6) is -6.10. The minimum absolute atomic E-state index is 0.218. The number of nitrogens with one attached hydrogen (secondary N) is 3. The number of amides is 16. The summed E-state index contributed by atoms with van der Waals surface area (Å²) in [4.78, 5) is 150. The third kappa shape index (κ3) is 15.8. The highest BCUT2D eigenvalue weighted by atomic mass is 16.3. The van der Waals surface area contributed by atoms with Gasteiger partial charge in [-0.2, -0.15) is 0 Å². The van der Waals surface area contributed by atoms with Gasteiger partial charge in [0.05, 0.1) is 6.10 Å². The van der Waals surface area contributed by atoms with Crippen molar-refractivity contribution in [3.63, 3.8) is 0 Å². The van der Waals surface area contributed by atoms with Crippen LogP contribution in [0.15, 0.2) is 12.2 Å². The average Bonchev–Trinajstić information content (AvgIpc) is 3.24. The molecule has 0 heterocycles. The molecule has 0 aliphatic heterocycles. The van der Waals surface area contributed by atoms with Gasteiger partial charge in [-0.15, -0.1) is 0 Å². The maximum absolute atomic E-state index is 13.8. The van der Waals surface area contributed by atoms with Gasteiger partial charge in [0.15, 0.2) is 0 Å². The van der Waals surface area contributed by atoms with Crippen LogP contribution in [0, 0.1) is 17.8 Å². The number of aliphatic hydroxyl groups excluding tert-OH is 1. The van der Waals surface area contributed by atoms with Crippen molar-refractivity contribution in [1.82, 2.24) is 50.2 Å². The monoisotopic (exact) mass is 924 g/mol. The molecule has 1 unspecified atom stereocenters. The first-order valence-corrected chi connectivity index (χ1v) is 21.4. The van der Waals surface area contributed by atoms with Crippen LogP contribution in [0.3, 0.4) is 0 Å². The highest BCUT2D eigenvalue weighted by Crippen LogP contribution is 2.21. The second-order valence-corrected chi connectivity index (χ2v) is 16.6. The molecule has 65 heavy (non-hydrogen) atoms. The van der Waals surface area contributed by atoms with Gasteiger partial charge >= 0.3 is 30.2 Å². The van der Waals surface area contributed by atoms with Gasteiger partial charge in [0.2, 0.25) is 23.6 Å². The van der Waals surface area contributed by atoms with Gasteiger partial charge < -0.3 is 35.8 Å². The number of carbonyl (C=O) groups excluding carboxylic acids is 11. The molecule has 0 aliphatic rings. The second-order valence-electron chi connectivity index (χ2n) is 16.6. The summed E-state index contributed by atoms with van der Waals surface area (Å²) in [7, 11) is 8.33. The largest absolute Gasteiger partial charge is 0.390 e. The molecule has 0 aromatic heterocycles. The number of imide groups is 5. The second kappa shape index (κ2) is 26.6. The zero-order valence-electron chi connectivity index (χ0n) is 40.8. The summed E-state index contributed by atoms with van der Waals surface area (Å²) < 4.78 is 0. The summed E-state index contributed by atoms with van der Waals surface area (Å²) in [5, 5.41) is 17.0. The van der Waals surface area contributed by atoms with Crippen molar-refractivity contribution < 1.29 is 57.8 Å². The molecular weight excluding hydrogens is 851 g/mol. The number of nitrogens with two attached hydrogens (primary N) is 1. The Bertz CT molecular complexity index is 1790. The minimum atomic E-state index is -1.51. The lowest BCUT2D eigenvalue weighted by Crippen LogP contribution is -2.61. The van der Waals surface area contributed by atoms with Crippen LogP contribution in [0.4, 0.5) is 24.0 Å². The van der Waals surface area contributed by atoms with Crippen molar-refractivity contribution in [2.24, 2.45) is 23.5 Å². The van der Waals surface area contributed by atoms with Crippen LogP contribution in [0.1, 0.15) is 88.0 Å². The van der Waals surface area contributed by atoms with Gasteiger partial charge in [0.1, 0.15) is 30.2 Å².